The summed E-state index contributed by atoms with van der Waals surface area (Å²) in [6.45, 7) is 0. The van der Waals surface area contributed by atoms with Crippen LogP contribution < -0.4 is 10.9 Å². The van der Waals surface area contributed by atoms with Gasteiger partial charge >= 0.3 is 0 Å². The van der Waals surface area contributed by atoms with Gasteiger partial charge in [-0.15, -0.1) is 0 Å². The molecule has 3 nitrogen and oxygen atoms in total. The molecule has 7 aromatic rings. The molecule has 0 saturated carbocycles. The number of para-hydroxylation sites is 2. The van der Waals surface area contributed by atoms with E-state index in [2.05, 4.69) is 34.7 Å². The molecule has 154 valence electrons. The second kappa shape index (κ2) is 6.50. The van der Waals surface area contributed by atoms with Crippen molar-refractivity contribution in [2.75, 3.05) is 0 Å². The summed E-state index contributed by atoms with van der Waals surface area (Å²) < 4.78 is 2.07. The lowest BCUT2D eigenvalue weighted by Gasteiger charge is -2.15. The zero-order chi connectivity index (χ0) is 22.1. The van der Waals surface area contributed by atoms with E-state index >= 15 is 0 Å². The van der Waals surface area contributed by atoms with E-state index in [4.69, 9.17) is 0 Å². The summed E-state index contributed by atoms with van der Waals surface area (Å²) in [5.74, 6) is 0. The Balaban J connectivity index is 1.73. The third-order valence-corrected chi connectivity index (χ3v) is 6.68. The summed E-state index contributed by atoms with van der Waals surface area (Å²) in [5.41, 5.74) is 4.07. The standard InChI is InChI=1S/C30H17NO2/c32-29-22-9-3-5-11-26(22)31-27-12-6-4-10-23(27)30(33)25-17-21(16-24(29)28(25)31)20-14-13-18-7-1-2-8-19(18)15-20/h1-17H. The lowest BCUT2D eigenvalue weighted by Crippen LogP contribution is -2.14. The van der Waals surface area contributed by atoms with Crippen LogP contribution in [0.15, 0.2) is 113 Å². The van der Waals surface area contributed by atoms with E-state index in [9.17, 15) is 9.59 Å². The predicted octanol–water partition coefficient (Wildman–Crippen LogP) is 6.38. The van der Waals surface area contributed by atoms with Crippen LogP contribution in [0, 0.1) is 0 Å². The number of pyridine rings is 2. The first-order chi connectivity index (χ1) is 16.2. The third kappa shape index (κ3) is 2.45. The maximum absolute atomic E-state index is 13.6. The minimum Gasteiger partial charge on any atom is -0.308 e. The minimum absolute atomic E-state index is 0.0482. The fraction of sp³-hybridized carbons (Fsp3) is 0. The highest BCUT2D eigenvalue weighted by Crippen LogP contribution is 2.32. The van der Waals surface area contributed by atoms with Crippen molar-refractivity contribution in [3.63, 3.8) is 0 Å². The molecule has 0 saturated heterocycles. The molecule has 0 bridgehead atoms. The first kappa shape index (κ1) is 18.1. The number of aromatic nitrogens is 1. The second-order valence-corrected chi connectivity index (χ2v) is 8.51. The van der Waals surface area contributed by atoms with Crippen LogP contribution in [0.4, 0.5) is 0 Å². The van der Waals surface area contributed by atoms with Gasteiger partial charge in [0.2, 0.25) is 0 Å². The van der Waals surface area contributed by atoms with Gasteiger partial charge in [-0.2, -0.15) is 0 Å². The Morgan fingerprint density at radius 3 is 1.64 bits per heavy atom. The van der Waals surface area contributed by atoms with Gasteiger partial charge in [0.05, 0.1) is 16.6 Å². The monoisotopic (exact) mass is 423 g/mol. The summed E-state index contributed by atoms with van der Waals surface area (Å²) in [7, 11) is 0. The van der Waals surface area contributed by atoms with Crippen LogP contribution in [-0.4, -0.2) is 4.40 Å². The largest absolute Gasteiger partial charge is 0.308 e. The Labute approximate surface area is 188 Å². The number of benzene rings is 5. The normalized spacial score (nSPS) is 11.9. The number of nitrogens with zero attached hydrogens (tertiary/aromatic N) is 1. The van der Waals surface area contributed by atoms with Gasteiger partial charge in [0.1, 0.15) is 0 Å². The number of rotatable bonds is 1. The van der Waals surface area contributed by atoms with Crippen LogP contribution in [0.3, 0.4) is 0 Å². The van der Waals surface area contributed by atoms with Gasteiger partial charge in [-0.05, 0) is 64.4 Å². The smallest absolute Gasteiger partial charge is 0.197 e. The molecule has 33 heavy (non-hydrogen) atoms. The van der Waals surface area contributed by atoms with Gasteiger partial charge in [0, 0.05) is 21.5 Å². The molecular formula is C30H17NO2. The van der Waals surface area contributed by atoms with Gasteiger partial charge in [0.15, 0.2) is 10.9 Å². The van der Waals surface area contributed by atoms with Gasteiger partial charge in [-0.3, -0.25) is 9.59 Å². The molecule has 0 radical (unpaired) electrons. The molecule has 0 aliphatic heterocycles. The highest BCUT2D eigenvalue weighted by Gasteiger charge is 2.18. The van der Waals surface area contributed by atoms with E-state index < -0.39 is 0 Å². The molecule has 0 unspecified atom stereocenters. The van der Waals surface area contributed by atoms with Gasteiger partial charge < -0.3 is 4.40 Å². The summed E-state index contributed by atoms with van der Waals surface area (Å²) in [6, 6.07) is 33.6. The molecule has 2 aromatic heterocycles. The van der Waals surface area contributed by atoms with Crippen molar-refractivity contribution < 1.29 is 0 Å². The van der Waals surface area contributed by atoms with Crippen molar-refractivity contribution in [2.45, 2.75) is 0 Å². The predicted molar refractivity (Wildman–Crippen MR) is 137 cm³/mol. The zero-order valence-electron chi connectivity index (χ0n) is 17.6. The van der Waals surface area contributed by atoms with Crippen molar-refractivity contribution in [2.24, 2.45) is 0 Å². The zero-order valence-corrected chi connectivity index (χ0v) is 17.6. The van der Waals surface area contributed by atoms with Crippen molar-refractivity contribution in [1.29, 1.82) is 0 Å². The van der Waals surface area contributed by atoms with Crippen molar-refractivity contribution in [3.8, 4) is 11.1 Å². The van der Waals surface area contributed by atoms with Crippen molar-refractivity contribution in [3.05, 3.63) is 124 Å². The SMILES string of the molecule is O=c1c2ccccc2n2c3ccccc3c(=O)c3cc(-c4ccc5ccccc5c4)cc1c32. The molecule has 0 atom stereocenters. The van der Waals surface area contributed by atoms with Crippen molar-refractivity contribution in [1.82, 2.24) is 4.40 Å². The van der Waals surface area contributed by atoms with E-state index in [0.29, 0.717) is 27.1 Å². The number of hydrogen-bond donors (Lipinski definition) is 0. The van der Waals surface area contributed by atoms with E-state index in [1.165, 1.54) is 0 Å². The number of fused-ring (bicyclic) bond motifs is 5. The number of hydrogen-bond acceptors (Lipinski definition) is 2. The Bertz CT molecular complexity index is 1920. The topological polar surface area (TPSA) is 38.5 Å². The minimum atomic E-state index is -0.0482. The third-order valence-electron chi connectivity index (χ3n) is 6.68. The molecule has 0 spiro atoms. The van der Waals surface area contributed by atoms with Crippen LogP contribution in [0.2, 0.25) is 0 Å². The Kier molecular flexibility index (Phi) is 3.57. The first-order valence-corrected chi connectivity index (χ1v) is 11.0. The molecule has 0 N–H and O–H groups in total. The fourth-order valence-electron chi connectivity index (χ4n) is 5.14. The van der Waals surface area contributed by atoms with Gasteiger partial charge in [-0.1, -0.05) is 60.7 Å². The summed E-state index contributed by atoms with van der Waals surface area (Å²) >= 11 is 0. The average molecular weight is 423 g/mol. The maximum Gasteiger partial charge on any atom is 0.197 e. The van der Waals surface area contributed by atoms with E-state index in [1.807, 2.05) is 72.8 Å². The van der Waals surface area contributed by atoms with Crippen LogP contribution >= 0.6 is 0 Å². The quantitative estimate of drug-likeness (QED) is 0.227. The Morgan fingerprint density at radius 2 is 1.00 bits per heavy atom. The maximum atomic E-state index is 13.6. The van der Waals surface area contributed by atoms with Crippen LogP contribution in [0.1, 0.15) is 0 Å². The molecule has 3 heteroatoms. The first-order valence-electron chi connectivity index (χ1n) is 11.0. The van der Waals surface area contributed by atoms with Crippen LogP contribution in [0.25, 0.3) is 60.0 Å². The second-order valence-electron chi connectivity index (χ2n) is 8.51. The molecule has 0 fully saturated rings. The molecule has 7 rings (SSSR count). The van der Waals surface area contributed by atoms with Crippen molar-refractivity contribution >= 4 is 48.9 Å². The molecule has 0 aliphatic carbocycles. The summed E-state index contributed by atoms with van der Waals surface area (Å²) in [6.07, 6.45) is 0. The summed E-state index contributed by atoms with van der Waals surface area (Å²) in [4.78, 5) is 27.2. The fourth-order valence-corrected chi connectivity index (χ4v) is 5.14. The molecular weight excluding hydrogens is 406 g/mol. The highest BCUT2D eigenvalue weighted by molar-refractivity contribution is 6.09. The van der Waals surface area contributed by atoms with E-state index in [0.717, 1.165) is 32.9 Å². The Morgan fingerprint density at radius 1 is 0.455 bits per heavy atom. The Hall–Kier alpha value is -4.50. The van der Waals surface area contributed by atoms with Gasteiger partial charge in [0.25, 0.3) is 0 Å². The van der Waals surface area contributed by atoms with E-state index in [-0.39, 0.29) is 10.9 Å². The lowest BCUT2D eigenvalue weighted by molar-refractivity contribution is 1.31. The molecule has 0 aliphatic rings. The molecule has 2 heterocycles. The van der Waals surface area contributed by atoms with Crippen LogP contribution in [-0.2, 0) is 0 Å². The molecule has 0 amide bonds. The highest BCUT2D eigenvalue weighted by atomic mass is 16.1. The average Bonchev–Trinajstić information content (AvgIpc) is 2.88. The van der Waals surface area contributed by atoms with E-state index in [1.54, 1.807) is 0 Å². The summed E-state index contributed by atoms with van der Waals surface area (Å²) in [5, 5.41) is 4.71. The molecule has 5 aromatic carbocycles. The van der Waals surface area contributed by atoms with Crippen LogP contribution in [0.5, 0.6) is 0 Å². The van der Waals surface area contributed by atoms with Gasteiger partial charge in [-0.25, -0.2) is 0 Å². The lowest BCUT2D eigenvalue weighted by atomic mass is 9.96.